The number of rotatable bonds is 5. The van der Waals surface area contributed by atoms with Gasteiger partial charge in [-0.15, -0.1) is 0 Å². The maximum atomic E-state index is 12.6. The Morgan fingerprint density at radius 3 is 2.55 bits per heavy atom. The van der Waals surface area contributed by atoms with E-state index in [2.05, 4.69) is 22.3 Å². The van der Waals surface area contributed by atoms with E-state index in [1.807, 2.05) is 18.2 Å². The molecule has 1 unspecified atom stereocenters. The normalized spacial score (nSPS) is 21.8. The summed E-state index contributed by atoms with van der Waals surface area (Å²) in [5.74, 6) is -0.0598. The number of sulfone groups is 1. The van der Waals surface area contributed by atoms with Crippen LogP contribution in [0, 0.1) is 0 Å². The molecular weight excluding hydrogens is 414 g/mol. The molecule has 4 rings (SSSR count). The van der Waals surface area contributed by atoms with Crippen LogP contribution in [0.15, 0.2) is 54.6 Å². The quantitative estimate of drug-likeness (QED) is 0.733. The first-order valence-corrected chi connectivity index (χ1v) is 12.4. The summed E-state index contributed by atoms with van der Waals surface area (Å²) in [6.45, 7) is 2.58. The molecule has 2 N–H and O–H groups in total. The van der Waals surface area contributed by atoms with Gasteiger partial charge in [-0.25, -0.2) is 13.2 Å². The van der Waals surface area contributed by atoms with Crippen molar-refractivity contribution in [2.24, 2.45) is 0 Å². The Labute approximate surface area is 183 Å². The summed E-state index contributed by atoms with van der Waals surface area (Å²) in [6.07, 6.45) is 0.269. The summed E-state index contributed by atoms with van der Waals surface area (Å²) in [7, 11) is -3.30. The Bertz CT molecular complexity index is 1010. The van der Waals surface area contributed by atoms with Gasteiger partial charge in [0, 0.05) is 39.3 Å². The summed E-state index contributed by atoms with van der Waals surface area (Å²) < 4.78 is 25.0. The van der Waals surface area contributed by atoms with Crippen LogP contribution in [0.1, 0.15) is 21.9 Å². The van der Waals surface area contributed by atoms with Gasteiger partial charge in [-0.05, 0) is 23.1 Å². The van der Waals surface area contributed by atoms with Crippen molar-refractivity contribution in [1.29, 1.82) is 0 Å². The molecule has 1 saturated heterocycles. The number of hydrogen-bond acceptors (Lipinski definition) is 5. The van der Waals surface area contributed by atoms with Gasteiger partial charge in [0.25, 0.3) is 0 Å². The van der Waals surface area contributed by atoms with Gasteiger partial charge >= 0.3 is 6.03 Å². The fourth-order valence-corrected chi connectivity index (χ4v) is 6.08. The van der Waals surface area contributed by atoms with E-state index in [0.29, 0.717) is 12.1 Å². The van der Waals surface area contributed by atoms with Crippen LogP contribution in [0.4, 0.5) is 4.79 Å². The van der Waals surface area contributed by atoms with Crippen LogP contribution in [0.25, 0.3) is 0 Å². The van der Waals surface area contributed by atoms with Crippen LogP contribution in [0.2, 0.25) is 0 Å². The SMILES string of the molecule is O=C(NC[C@H](O)CN1CCc2ccccc2C1)N1CCS(=O)(=O)C(c2ccccc2)C1. The van der Waals surface area contributed by atoms with Crippen LogP contribution in [0.3, 0.4) is 0 Å². The molecular formula is C23H29N3O4S. The van der Waals surface area contributed by atoms with Gasteiger partial charge in [0.05, 0.1) is 11.9 Å². The molecule has 0 aliphatic carbocycles. The van der Waals surface area contributed by atoms with E-state index < -0.39 is 21.2 Å². The molecule has 0 bridgehead atoms. The molecule has 166 valence electrons. The van der Waals surface area contributed by atoms with Gasteiger partial charge in [-0.3, -0.25) is 4.90 Å². The van der Waals surface area contributed by atoms with Crippen LogP contribution in [-0.4, -0.2) is 73.9 Å². The van der Waals surface area contributed by atoms with Crippen LogP contribution in [-0.2, 0) is 22.8 Å². The molecule has 2 heterocycles. The van der Waals surface area contributed by atoms with Crippen molar-refractivity contribution in [2.45, 2.75) is 24.3 Å². The second-order valence-electron chi connectivity index (χ2n) is 8.31. The lowest BCUT2D eigenvalue weighted by molar-refractivity contribution is 0.103. The summed E-state index contributed by atoms with van der Waals surface area (Å²) in [5.41, 5.74) is 3.34. The van der Waals surface area contributed by atoms with Gasteiger partial charge in [-0.2, -0.15) is 0 Å². The minimum Gasteiger partial charge on any atom is -0.390 e. The number of hydrogen-bond donors (Lipinski definition) is 2. The topological polar surface area (TPSA) is 89.9 Å². The largest absolute Gasteiger partial charge is 0.390 e. The Morgan fingerprint density at radius 1 is 1.06 bits per heavy atom. The van der Waals surface area contributed by atoms with Gasteiger partial charge < -0.3 is 15.3 Å². The average Bonchev–Trinajstić information content (AvgIpc) is 2.78. The average molecular weight is 444 g/mol. The number of benzene rings is 2. The standard InChI is InChI=1S/C23H29N3O4S/c27-21(16-25-11-10-18-6-4-5-9-20(18)15-25)14-24-23(28)26-12-13-31(29,30)22(17-26)19-7-2-1-3-8-19/h1-9,21-22,27H,10-17H2,(H,24,28)/t21-,22?/m0/s1. The number of urea groups is 1. The molecule has 31 heavy (non-hydrogen) atoms. The highest BCUT2D eigenvalue weighted by atomic mass is 32.2. The maximum Gasteiger partial charge on any atom is 0.317 e. The van der Waals surface area contributed by atoms with Crippen molar-refractivity contribution in [3.8, 4) is 0 Å². The Balaban J connectivity index is 1.28. The van der Waals surface area contributed by atoms with Gasteiger partial charge in [0.15, 0.2) is 9.84 Å². The van der Waals surface area contributed by atoms with Crippen molar-refractivity contribution in [1.82, 2.24) is 15.1 Å². The number of nitrogens with zero attached hydrogens (tertiary/aromatic N) is 2. The maximum absolute atomic E-state index is 12.6. The first-order chi connectivity index (χ1) is 14.9. The van der Waals surface area contributed by atoms with Gasteiger partial charge in [0.2, 0.25) is 0 Å². The molecule has 0 spiro atoms. The summed E-state index contributed by atoms with van der Waals surface area (Å²) in [6, 6.07) is 17.0. The van der Waals surface area contributed by atoms with Crippen molar-refractivity contribution >= 4 is 15.9 Å². The highest BCUT2D eigenvalue weighted by molar-refractivity contribution is 7.91. The monoisotopic (exact) mass is 443 g/mol. The fourth-order valence-electron chi connectivity index (χ4n) is 4.34. The molecule has 2 aromatic carbocycles. The molecule has 0 radical (unpaired) electrons. The van der Waals surface area contributed by atoms with Gasteiger partial charge in [0.1, 0.15) is 5.25 Å². The highest BCUT2D eigenvalue weighted by Crippen LogP contribution is 2.27. The molecule has 2 aliphatic heterocycles. The van der Waals surface area contributed by atoms with E-state index in [1.165, 1.54) is 16.0 Å². The Morgan fingerprint density at radius 2 is 1.77 bits per heavy atom. The van der Waals surface area contributed by atoms with E-state index in [4.69, 9.17) is 0 Å². The van der Waals surface area contributed by atoms with Crippen LogP contribution >= 0.6 is 0 Å². The number of carbonyl (C=O) groups is 1. The van der Waals surface area contributed by atoms with E-state index in [9.17, 15) is 18.3 Å². The molecule has 8 heteroatoms. The summed E-state index contributed by atoms with van der Waals surface area (Å²) >= 11 is 0. The minimum atomic E-state index is -3.30. The van der Waals surface area contributed by atoms with Crippen molar-refractivity contribution in [3.63, 3.8) is 0 Å². The fraction of sp³-hybridized carbons (Fsp3) is 0.435. The highest BCUT2D eigenvalue weighted by Gasteiger charge is 2.36. The number of aliphatic hydroxyl groups excluding tert-OH is 1. The van der Waals surface area contributed by atoms with Gasteiger partial charge in [-0.1, -0.05) is 54.6 Å². The number of nitrogens with one attached hydrogen (secondary N) is 1. The summed E-state index contributed by atoms with van der Waals surface area (Å²) in [5, 5.41) is 12.5. The number of amides is 2. The zero-order chi connectivity index (χ0) is 21.8. The predicted molar refractivity (Wildman–Crippen MR) is 119 cm³/mol. The lowest BCUT2D eigenvalue weighted by Crippen LogP contribution is -2.51. The molecule has 2 atom stereocenters. The zero-order valence-corrected chi connectivity index (χ0v) is 18.3. The van der Waals surface area contributed by atoms with Crippen molar-refractivity contribution in [3.05, 3.63) is 71.3 Å². The van der Waals surface area contributed by atoms with Crippen molar-refractivity contribution < 1.29 is 18.3 Å². The molecule has 1 fully saturated rings. The van der Waals surface area contributed by atoms with Crippen LogP contribution < -0.4 is 5.32 Å². The third-order valence-electron chi connectivity index (χ3n) is 6.09. The smallest absolute Gasteiger partial charge is 0.317 e. The number of carbonyl (C=O) groups excluding carboxylic acids is 1. The number of β-amino-alcohol motifs (C(OH)–C–C–N with tert-alkyl or cyclic N) is 1. The number of aliphatic hydroxyl groups is 1. The first-order valence-electron chi connectivity index (χ1n) is 10.7. The minimum absolute atomic E-state index is 0.0598. The number of fused-ring (bicyclic) bond motifs is 1. The second kappa shape index (κ2) is 9.38. The third-order valence-corrected chi connectivity index (χ3v) is 8.13. The lowest BCUT2D eigenvalue weighted by Gasteiger charge is -2.33. The second-order valence-corrected chi connectivity index (χ2v) is 10.6. The molecule has 2 amide bonds. The van der Waals surface area contributed by atoms with Crippen molar-refractivity contribution in [2.75, 3.05) is 38.5 Å². The van der Waals surface area contributed by atoms with E-state index in [1.54, 1.807) is 24.3 Å². The van der Waals surface area contributed by atoms with E-state index in [-0.39, 0.29) is 31.4 Å². The zero-order valence-electron chi connectivity index (χ0n) is 17.5. The molecule has 0 saturated carbocycles. The summed E-state index contributed by atoms with van der Waals surface area (Å²) in [4.78, 5) is 16.4. The third kappa shape index (κ3) is 5.26. The van der Waals surface area contributed by atoms with E-state index >= 15 is 0 Å². The van der Waals surface area contributed by atoms with E-state index in [0.717, 1.165) is 19.5 Å². The first kappa shape index (κ1) is 21.8. The molecule has 0 aromatic heterocycles. The Hall–Kier alpha value is -2.42. The molecule has 7 nitrogen and oxygen atoms in total. The lowest BCUT2D eigenvalue weighted by atomic mass is 10.00. The predicted octanol–water partition coefficient (Wildman–Crippen LogP) is 1.59. The molecule has 2 aromatic rings. The van der Waals surface area contributed by atoms with Crippen LogP contribution in [0.5, 0.6) is 0 Å². The Kier molecular flexibility index (Phi) is 6.60. The molecule has 2 aliphatic rings.